The van der Waals surface area contributed by atoms with Crippen molar-refractivity contribution in [3.05, 3.63) is 0 Å². The Morgan fingerprint density at radius 3 is 2.50 bits per heavy atom. The molecule has 0 aromatic rings. The van der Waals surface area contributed by atoms with Crippen LogP contribution in [0.15, 0.2) is 0 Å². The molecule has 2 rings (SSSR count). The van der Waals surface area contributed by atoms with Gasteiger partial charge in [0.05, 0.1) is 0 Å². The van der Waals surface area contributed by atoms with Gasteiger partial charge in [-0.1, -0.05) is 6.92 Å². The van der Waals surface area contributed by atoms with E-state index < -0.39 is 0 Å². The van der Waals surface area contributed by atoms with Gasteiger partial charge in [0.15, 0.2) is 0 Å². The van der Waals surface area contributed by atoms with Crippen molar-refractivity contribution in [2.45, 2.75) is 38.6 Å². The first-order chi connectivity index (χ1) is 7.83. The minimum atomic E-state index is 0.762. The Bertz CT molecular complexity index is 199. The predicted molar refractivity (Wildman–Crippen MR) is 68.5 cm³/mol. The van der Waals surface area contributed by atoms with Gasteiger partial charge in [-0.25, -0.2) is 0 Å². The lowest BCUT2D eigenvalue weighted by Crippen LogP contribution is -2.49. The average molecular weight is 225 g/mol. The third-order valence-corrected chi connectivity index (χ3v) is 4.40. The Balaban J connectivity index is 1.79. The molecular formula is C13H27N3. The first kappa shape index (κ1) is 12.3. The Kier molecular flexibility index (Phi) is 4.62. The van der Waals surface area contributed by atoms with Crippen LogP contribution in [-0.2, 0) is 0 Å². The molecule has 0 spiro atoms. The molecule has 0 radical (unpaired) electrons. The zero-order chi connectivity index (χ0) is 11.4. The Morgan fingerprint density at radius 2 is 1.88 bits per heavy atom. The van der Waals surface area contributed by atoms with Crippen LogP contribution >= 0.6 is 0 Å². The molecule has 2 N–H and O–H groups in total. The van der Waals surface area contributed by atoms with Gasteiger partial charge < -0.3 is 10.6 Å². The van der Waals surface area contributed by atoms with Crippen molar-refractivity contribution in [1.29, 1.82) is 0 Å². The van der Waals surface area contributed by atoms with Gasteiger partial charge in [0.25, 0.3) is 0 Å². The van der Waals surface area contributed by atoms with E-state index in [0.29, 0.717) is 0 Å². The van der Waals surface area contributed by atoms with Crippen LogP contribution in [0.5, 0.6) is 0 Å². The molecule has 0 aliphatic carbocycles. The van der Waals surface area contributed by atoms with Gasteiger partial charge in [0.2, 0.25) is 0 Å². The van der Waals surface area contributed by atoms with Gasteiger partial charge in [0, 0.05) is 12.6 Å². The normalized spacial score (nSPS) is 30.8. The molecule has 0 aromatic heterocycles. The highest BCUT2D eigenvalue weighted by atomic mass is 15.2. The number of hydrogen-bond donors (Lipinski definition) is 1. The van der Waals surface area contributed by atoms with E-state index in [4.69, 9.17) is 5.73 Å². The van der Waals surface area contributed by atoms with Crippen LogP contribution in [0.1, 0.15) is 32.6 Å². The maximum absolute atomic E-state index is 5.80. The molecule has 16 heavy (non-hydrogen) atoms. The maximum Gasteiger partial charge on any atom is 0.0120 e. The van der Waals surface area contributed by atoms with Crippen LogP contribution in [0.2, 0.25) is 0 Å². The number of rotatable bonds is 3. The molecule has 94 valence electrons. The van der Waals surface area contributed by atoms with Gasteiger partial charge >= 0.3 is 0 Å². The minimum absolute atomic E-state index is 0.762. The van der Waals surface area contributed by atoms with Gasteiger partial charge in [-0.05, 0) is 64.3 Å². The summed E-state index contributed by atoms with van der Waals surface area (Å²) in [6, 6.07) is 0.845. The first-order valence-corrected chi connectivity index (χ1v) is 7.00. The van der Waals surface area contributed by atoms with Gasteiger partial charge in [-0.3, -0.25) is 4.90 Å². The molecule has 3 nitrogen and oxygen atoms in total. The molecule has 2 heterocycles. The predicted octanol–water partition coefficient (Wildman–Crippen LogP) is 1.14. The molecule has 1 unspecified atom stereocenters. The van der Waals surface area contributed by atoms with Gasteiger partial charge in [0.1, 0.15) is 0 Å². The Morgan fingerprint density at radius 1 is 1.12 bits per heavy atom. The van der Waals surface area contributed by atoms with Crippen molar-refractivity contribution in [2.75, 3.05) is 39.3 Å². The van der Waals surface area contributed by atoms with Gasteiger partial charge in [-0.15, -0.1) is 0 Å². The largest absolute Gasteiger partial charge is 0.330 e. The quantitative estimate of drug-likeness (QED) is 0.782. The molecule has 2 aliphatic heterocycles. The molecule has 2 saturated heterocycles. The van der Waals surface area contributed by atoms with E-state index in [1.165, 1.54) is 58.4 Å². The molecular weight excluding hydrogens is 198 g/mol. The zero-order valence-electron chi connectivity index (χ0n) is 10.7. The maximum atomic E-state index is 5.80. The smallest absolute Gasteiger partial charge is 0.0120 e. The summed E-state index contributed by atoms with van der Waals surface area (Å²) in [6.45, 7) is 9.53. The van der Waals surface area contributed by atoms with E-state index in [-0.39, 0.29) is 0 Å². The molecule has 0 saturated carbocycles. The first-order valence-electron chi connectivity index (χ1n) is 7.00. The number of likely N-dealkylation sites (tertiary alicyclic amines) is 2. The van der Waals surface area contributed by atoms with Crippen LogP contribution < -0.4 is 5.73 Å². The average Bonchev–Trinajstić information content (AvgIpc) is 2.39. The molecule has 3 heteroatoms. The lowest BCUT2D eigenvalue weighted by molar-refractivity contribution is 0.0749. The van der Waals surface area contributed by atoms with Gasteiger partial charge in [-0.2, -0.15) is 0 Å². The summed E-state index contributed by atoms with van der Waals surface area (Å²) in [7, 11) is 0. The second-order valence-electron chi connectivity index (χ2n) is 5.40. The summed E-state index contributed by atoms with van der Waals surface area (Å²) in [6.07, 6.45) is 5.44. The highest BCUT2D eigenvalue weighted by molar-refractivity contribution is 4.83. The molecule has 0 bridgehead atoms. The van der Waals surface area contributed by atoms with Crippen LogP contribution in [-0.4, -0.2) is 55.1 Å². The van der Waals surface area contributed by atoms with Crippen molar-refractivity contribution in [3.8, 4) is 0 Å². The summed E-state index contributed by atoms with van der Waals surface area (Å²) >= 11 is 0. The summed E-state index contributed by atoms with van der Waals surface area (Å²) in [5.41, 5.74) is 5.80. The third-order valence-electron chi connectivity index (χ3n) is 4.40. The number of hydrogen-bond acceptors (Lipinski definition) is 3. The molecule has 2 aliphatic rings. The highest BCUT2D eigenvalue weighted by Crippen LogP contribution is 2.23. The Hall–Kier alpha value is -0.120. The third kappa shape index (κ3) is 2.96. The van der Waals surface area contributed by atoms with E-state index >= 15 is 0 Å². The summed E-state index contributed by atoms with van der Waals surface area (Å²) in [4.78, 5) is 5.29. The second-order valence-corrected chi connectivity index (χ2v) is 5.40. The van der Waals surface area contributed by atoms with E-state index in [9.17, 15) is 0 Å². The monoisotopic (exact) mass is 225 g/mol. The van der Waals surface area contributed by atoms with Crippen LogP contribution in [0.3, 0.4) is 0 Å². The van der Waals surface area contributed by atoms with E-state index in [1.54, 1.807) is 0 Å². The van der Waals surface area contributed by atoms with E-state index in [0.717, 1.165) is 18.5 Å². The molecule has 2 fully saturated rings. The van der Waals surface area contributed by atoms with Crippen molar-refractivity contribution in [2.24, 2.45) is 11.7 Å². The standard InChI is InChI=1S/C13H27N3/c1-2-15-8-5-13(6-9-15)16-7-3-4-12(10-14)11-16/h12-13H,2-11,14H2,1H3. The zero-order valence-corrected chi connectivity index (χ0v) is 10.7. The van der Waals surface area contributed by atoms with Crippen molar-refractivity contribution in [1.82, 2.24) is 9.80 Å². The molecule has 0 amide bonds. The van der Waals surface area contributed by atoms with E-state index in [2.05, 4.69) is 16.7 Å². The fourth-order valence-corrected chi connectivity index (χ4v) is 3.22. The molecule has 0 aromatic carbocycles. The minimum Gasteiger partial charge on any atom is -0.330 e. The highest BCUT2D eigenvalue weighted by Gasteiger charge is 2.27. The van der Waals surface area contributed by atoms with Crippen molar-refractivity contribution < 1.29 is 0 Å². The number of nitrogens with two attached hydrogens (primary N) is 1. The fourth-order valence-electron chi connectivity index (χ4n) is 3.22. The summed E-state index contributed by atoms with van der Waals surface area (Å²) < 4.78 is 0. The van der Waals surface area contributed by atoms with E-state index in [1.807, 2.05) is 0 Å². The second kappa shape index (κ2) is 5.99. The van der Waals surface area contributed by atoms with Crippen LogP contribution in [0, 0.1) is 5.92 Å². The topological polar surface area (TPSA) is 32.5 Å². The van der Waals surface area contributed by atoms with Crippen LogP contribution in [0.25, 0.3) is 0 Å². The Labute approximate surface area is 100.0 Å². The van der Waals surface area contributed by atoms with Crippen molar-refractivity contribution in [3.63, 3.8) is 0 Å². The summed E-state index contributed by atoms with van der Waals surface area (Å²) in [5.74, 6) is 0.762. The number of piperidine rings is 2. The lowest BCUT2D eigenvalue weighted by atomic mass is 9.94. The summed E-state index contributed by atoms with van der Waals surface area (Å²) in [5, 5.41) is 0. The number of nitrogens with zero attached hydrogens (tertiary/aromatic N) is 2. The fraction of sp³-hybridized carbons (Fsp3) is 1.00. The molecule has 1 atom stereocenters. The lowest BCUT2D eigenvalue weighted by Gasteiger charge is -2.42. The SMILES string of the molecule is CCN1CCC(N2CCCC(CN)C2)CC1. The van der Waals surface area contributed by atoms with Crippen molar-refractivity contribution >= 4 is 0 Å². The van der Waals surface area contributed by atoms with Crippen LogP contribution in [0.4, 0.5) is 0 Å².